The number of carbonyl (C=O) groups is 3. The summed E-state index contributed by atoms with van der Waals surface area (Å²) in [6, 6.07) is 11.5. The highest BCUT2D eigenvalue weighted by atomic mass is 35.5. The monoisotopic (exact) mass is 358 g/mol. The first-order chi connectivity index (χ1) is 12.0. The number of amides is 3. The van der Waals surface area contributed by atoms with E-state index in [4.69, 9.17) is 16.3 Å². The van der Waals surface area contributed by atoms with Gasteiger partial charge in [0.25, 0.3) is 11.8 Å². The lowest BCUT2D eigenvalue weighted by Crippen LogP contribution is -2.32. The van der Waals surface area contributed by atoms with Crippen molar-refractivity contribution in [3.05, 3.63) is 58.6 Å². The minimum atomic E-state index is -0.434. The number of anilines is 1. The van der Waals surface area contributed by atoms with Crippen molar-refractivity contribution in [2.75, 3.05) is 19.0 Å². The van der Waals surface area contributed by atoms with Crippen LogP contribution in [0.2, 0.25) is 5.02 Å². The first kappa shape index (κ1) is 17.0. The highest BCUT2D eigenvalue weighted by Gasteiger charge is 2.35. The fraction of sp³-hybridized carbons (Fsp3) is 0.167. The number of nitrogens with one attached hydrogen (secondary N) is 1. The molecule has 1 N–H and O–H groups in total. The smallest absolute Gasteiger partial charge is 0.261 e. The van der Waals surface area contributed by atoms with E-state index in [1.54, 1.807) is 30.3 Å². The van der Waals surface area contributed by atoms with Crippen LogP contribution in [0.5, 0.6) is 5.75 Å². The summed E-state index contributed by atoms with van der Waals surface area (Å²) in [7, 11) is 1.54. The van der Waals surface area contributed by atoms with Gasteiger partial charge in [-0.1, -0.05) is 17.7 Å². The van der Waals surface area contributed by atoms with Crippen LogP contribution in [0.25, 0.3) is 0 Å². The van der Waals surface area contributed by atoms with E-state index in [1.807, 2.05) is 0 Å². The van der Waals surface area contributed by atoms with Crippen LogP contribution in [-0.2, 0) is 4.79 Å². The van der Waals surface area contributed by atoms with Crippen LogP contribution in [0.1, 0.15) is 27.1 Å². The number of halogens is 1. The summed E-state index contributed by atoms with van der Waals surface area (Å²) in [4.78, 5) is 37.7. The van der Waals surface area contributed by atoms with Gasteiger partial charge in [-0.3, -0.25) is 19.3 Å². The van der Waals surface area contributed by atoms with E-state index >= 15 is 0 Å². The van der Waals surface area contributed by atoms with Crippen molar-refractivity contribution in [2.45, 2.75) is 6.42 Å². The minimum Gasteiger partial charge on any atom is -0.497 e. The number of nitrogens with zero attached hydrogens (tertiary/aromatic N) is 1. The molecule has 7 heteroatoms. The van der Waals surface area contributed by atoms with E-state index < -0.39 is 11.8 Å². The van der Waals surface area contributed by atoms with Crippen LogP contribution >= 0.6 is 11.6 Å². The van der Waals surface area contributed by atoms with E-state index in [9.17, 15) is 14.4 Å². The number of imide groups is 1. The molecule has 1 aliphatic heterocycles. The maximum atomic E-state index is 12.3. The van der Waals surface area contributed by atoms with Gasteiger partial charge in [0.2, 0.25) is 5.91 Å². The average Bonchev–Trinajstić information content (AvgIpc) is 2.83. The SMILES string of the molecule is COc1cccc(NC(=O)CCN2C(=O)c3ccc(Cl)cc3C2=O)c1. The number of rotatable bonds is 5. The Morgan fingerprint density at radius 3 is 2.64 bits per heavy atom. The third-order valence-electron chi connectivity index (χ3n) is 3.85. The molecule has 25 heavy (non-hydrogen) atoms. The molecule has 0 saturated carbocycles. The van der Waals surface area contributed by atoms with Gasteiger partial charge in [-0.25, -0.2) is 0 Å². The number of carbonyl (C=O) groups excluding carboxylic acids is 3. The summed E-state index contributed by atoms with van der Waals surface area (Å²) >= 11 is 5.87. The van der Waals surface area contributed by atoms with E-state index in [2.05, 4.69) is 5.32 Å². The number of ether oxygens (including phenoxy) is 1. The summed E-state index contributed by atoms with van der Waals surface area (Å²) < 4.78 is 5.09. The second-order valence-corrected chi connectivity index (χ2v) is 5.92. The third-order valence-corrected chi connectivity index (χ3v) is 4.08. The average molecular weight is 359 g/mol. The van der Waals surface area contributed by atoms with E-state index in [-0.39, 0.29) is 24.4 Å². The zero-order valence-corrected chi connectivity index (χ0v) is 14.2. The highest BCUT2D eigenvalue weighted by molar-refractivity contribution is 6.32. The van der Waals surface area contributed by atoms with Gasteiger partial charge in [-0.2, -0.15) is 0 Å². The van der Waals surface area contributed by atoms with E-state index in [0.29, 0.717) is 22.0 Å². The fourth-order valence-electron chi connectivity index (χ4n) is 2.60. The van der Waals surface area contributed by atoms with E-state index in [0.717, 1.165) is 4.90 Å². The molecule has 1 heterocycles. The van der Waals surface area contributed by atoms with Crippen LogP contribution in [-0.4, -0.2) is 36.3 Å². The van der Waals surface area contributed by atoms with Gasteiger partial charge in [0.15, 0.2) is 0 Å². The Balaban J connectivity index is 1.63. The Bertz CT molecular complexity index is 866. The molecule has 3 amide bonds. The summed E-state index contributed by atoms with van der Waals surface area (Å²) in [5.41, 5.74) is 1.16. The van der Waals surface area contributed by atoms with Crippen LogP contribution in [0, 0.1) is 0 Å². The van der Waals surface area contributed by atoms with Crippen LogP contribution in [0.3, 0.4) is 0 Å². The van der Waals surface area contributed by atoms with Crippen molar-refractivity contribution in [3.8, 4) is 5.75 Å². The minimum absolute atomic E-state index is 0.000231. The molecule has 0 aromatic heterocycles. The van der Waals surface area contributed by atoms with Crippen molar-refractivity contribution in [2.24, 2.45) is 0 Å². The zero-order valence-electron chi connectivity index (χ0n) is 13.4. The van der Waals surface area contributed by atoms with Gasteiger partial charge >= 0.3 is 0 Å². The van der Waals surface area contributed by atoms with Crippen molar-refractivity contribution in [3.63, 3.8) is 0 Å². The van der Waals surface area contributed by atoms with Crippen LogP contribution in [0.4, 0.5) is 5.69 Å². The van der Waals surface area contributed by atoms with Gasteiger partial charge in [0.1, 0.15) is 5.75 Å². The predicted octanol–water partition coefficient (Wildman–Crippen LogP) is 2.97. The van der Waals surface area contributed by atoms with Gasteiger partial charge in [-0.05, 0) is 30.3 Å². The standard InChI is InChI=1S/C18H15ClN2O4/c1-25-13-4-2-3-12(10-13)20-16(22)7-8-21-17(23)14-6-5-11(19)9-15(14)18(21)24/h2-6,9-10H,7-8H2,1H3,(H,20,22). The summed E-state index contributed by atoms with van der Waals surface area (Å²) in [6.45, 7) is -0.000231. The lowest BCUT2D eigenvalue weighted by Gasteiger charge is -2.13. The Morgan fingerprint density at radius 1 is 1.12 bits per heavy atom. The number of hydrogen-bond acceptors (Lipinski definition) is 4. The Hall–Kier alpha value is -2.86. The molecule has 0 spiro atoms. The first-order valence-electron chi connectivity index (χ1n) is 7.59. The molecule has 1 aliphatic rings. The van der Waals surface area contributed by atoms with Gasteiger partial charge in [0.05, 0.1) is 18.2 Å². The van der Waals surface area contributed by atoms with Crippen LogP contribution in [0.15, 0.2) is 42.5 Å². The second kappa shape index (κ2) is 6.94. The molecule has 0 saturated heterocycles. The van der Waals surface area contributed by atoms with Crippen LogP contribution < -0.4 is 10.1 Å². The molecule has 0 atom stereocenters. The zero-order chi connectivity index (χ0) is 18.0. The van der Waals surface area contributed by atoms with Gasteiger partial charge in [-0.15, -0.1) is 0 Å². The molecule has 0 aliphatic carbocycles. The lowest BCUT2D eigenvalue weighted by atomic mass is 10.1. The maximum absolute atomic E-state index is 12.3. The van der Waals surface area contributed by atoms with Crippen molar-refractivity contribution in [1.82, 2.24) is 4.90 Å². The van der Waals surface area contributed by atoms with E-state index in [1.165, 1.54) is 19.2 Å². The summed E-state index contributed by atoms with van der Waals surface area (Å²) in [6.07, 6.45) is -0.00356. The number of fused-ring (bicyclic) bond motifs is 1. The quantitative estimate of drug-likeness (QED) is 0.834. The molecule has 0 fully saturated rings. The van der Waals surface area contributed by atoms with Crippen molar-refractivity contribution in [1.29, 1.82) is 0 Å². The second-order valence-electron chi connectivity index (χ2n) is 5.48. The molecule has 0 radical (unpaired) electrons. The molecule has 6 nitrogen and oxygen atoms in total. The Labute approximate surface area is 149 Å². The predicted molar refractivity (Wildman–Crippen MR) is 93.1 cm³/mol. The molecule has 0 unspecified atom stereocenters. The van der Waals surface area contributed by atoms with Gasteiger partial charge in [0, 0.05) is 29.7 Å². The number of hydrogen-bond donors (Lipinski definition) is 1. The largest absolute Gasteiger partial charge is 0.497 e. The van der Waals surface area contributed by atoms with Crippen molar-refractivity contribution < 1.29 is 19.1 Å². The number of benzene rings is 2. The Morgan fingerprint density at radius 2 is 1.88 bits per heavy atom. The topological polar surface area (TPSA) is 75.7 Å². The molecule has 0 bridgehead atoms. The molecular formula is C18H15ClN2O4. The summed E-state index contributed by atoms with van der Waals surface area (Å²) in [5.74, 6) is -0.527. The highest BCUT2D eigenvalue weighted by Crippen LogP contribution is 2.26. The lowest BCUT2D eigenvalue weighted by molar-refractivity contribution is -0.116. The van der Waals surface area contributed by atoms with Gasteiger partial charge < -0.3 is 10.1 Å². The molecule has 3 rings (SSSR count). The fourth-order valence-corrected chi connectivity index (χ4v) is 2.78. The molecular weight excluding hydrogens is 344 g/mol. The molecule has 128 valence electrons. The van der Waals surface area contributed by atoms with Crippen molar-refractivity contribution >= 4 is 35.0 Å². The molecule has 2 aromatic carbocycles. The molecule has 2 aromatic rings. The first-order valence-corrected chi connectivity index (χ1v) is 7.97. The Kier molecular flexibility index (Phi) is 4.72. The third kappa shape index (κ3) is 3.49. The summed E-state index contributed by atoms with van der Waals surface area (Å²) in [5, 5.41) is 3.10. The number of methoxy groups -OCH3 is 1. The normalized spacial score (nSPS) is 13.0. The maximum Gasteiger partial charge on any atom is 0.261 e.